The van der Waals surface area contributed by atoms with E-state index < -0.39 is 15.8 Å². The van der Waals surface area contributed by atoms with Gasteiger partial charge < -0.3 is 5.32 Å². The maximum atomic E-state index is 13.2. The topological polar surface area (TPSA) is 66.5 Å². The second-order valence-electron chi connectivity index (χ2n) is 6.00. The Kier molecular flexibility index (Phi) is 6.74. The largest absolute Gasteiger partial charge is 0.355 e. The zero-order valence-corrected chi connectivity index (χ0v) is 15.7. The van der Waals surface area contributed by atoms with E-state index >= 15 is 0 Å². The second-order valence-corrected chi connectivity index (χ2v) is 7.87. The molecular weight excluding hydrogens is 355 g/mol. The smallest absolute Gasteiger partial charge is 0.264 e. The van der Waals surface area contributed by atoms with Crippen LogP contribution in [-0.2, 0) is 14.8 Å². The van der Waals surface area contributed by atoms with Crippen molar-refractivity contribution in [1.82, 2.24) is 5.32 Å². The van der Waals surface area contributed by atoms with Crippen molar-refractivity contribution in [3.8, 4) is 0 Å². The van der Waals surface area contributed by atoms with E-state index in [1.807, 2.05) is 13.8 Å². The molecule has 5 nitrogen and oxygen atoms in total. The monoisotopic (exact) mass is 378 g/mol. The summed E-state index contributed by atoms with van der Waals surface area (Å²) < 4.78 is 40.2. The average molecular weight is 378 g/mol. The molecule has 0 aliphatic carbocycles. The summed E-state index contributed by atoms with van der Waals surface area (Å²) in [6, 6.07) is 11.4. The molecule has 140 valence electrons. The molecule has 2 rings (SSSR count). The Labute approximate surface area is 153 Å². The molecule has 26 heavy (non-hydrogen) atoms. The van der Waals surface area contributed by atoms with Gasteiger partial charge in [-0.25, -0.2) is 12.8 Å². The number of rotatable bonds is 8. The Hall–Kier alpha value is -2.41. The van der Waals surface area contributed by atoms with Crippen LogP contribution in [0, 0.1) is 12.7 Å². The van der Waals surface area contributed by atoms with E-state index in [-0.39, 0.29) is 17.3 Å². The van der Waals surface area contributed by atoms with Crippen LogP contribution in [0.5, 0.6) is 0 Å². The van der Waals surface area contributed by atoms with Gasteiger partial charge in [0, 0.05) is 6.54 Å². The van der Waals surface area contributed by atoms with Crippen molar-refractivity contribution in [2.24, 2.45) is 0 Å². The Morgan fingerprint density at radius 2 is 1.69 bits per heavy atom. The highest BCUT2D eigenvalue weighted by Gasteiger charge is 2.27. The van der Waals surface area contributed by atoms with Gasteiger partial charge in [0.2, 0.25) is 5.91 Å². The van der Waals surface area contributed by atoms with E-state index in [2.05, 4.69) is 5.32 Å². The van der Waals surface area contributed by atoms with Crippen molar-refractivity contribution < 1.29 is 17.6 Å². The molecule has 2 aromatic rings. The average Bonchev–Trinajstić information content (AvgIpc) is 2.61. The number of nitrogens with one attached hydrogen (secondary N) is 1. The number of anilines is 1. The SMILES string of the molecule is CCCCNC(=O)CN(c1ccc(C)cc1)S(=O)(=O)c1ccc(F)cc1. The third-order valence-electron chi connectivity index (χ3n) is 3.86. The van der Waals surface area contributed by atoms with Gasteiger partial charge in [0.1, 0.15) is 12.4 Å². The summed E-state index contributed by atoms with van der Waals surface area (Å²) in [5, 5.41) is 2.72. The Bertz CT molecular complexity index is 834. The first kappa shape index (κ1) is 19.9. The maximum absolute atomic E-state index is 13.2. The van der Waals surface area contributed by atoms with Gasteiger partial charge in [0.25, 0.3) is 10.0 Å². The Morgan fingerprint density at radius 3 is 2.27 bits per heavy atom. The molecule has 0 aliphatic rings. The summed E-state index contributed by atoms with van der Waals surface area (Å²) in [6.07, 6.45) is 1.75. The van der Waals surface area contributed by atoms with E-state index in [1.54, 1.807) is 24.3 Å². The molecule has 0 aliphatic heterocycles. The van der Waals surface area contributed by atoms with E-state index in [9.17, 15) is 17.6 Å². The third-order valence-corrected chi connectivity index (χ3v) is 5.65. The molecule has 0 aromatic heterocycles. The van der Waals surface area contributed by atoms with Crippen molar-refractivity contribution >= 4 is 21.6 Å². The normalized spacial score (nSPS) is 11.2. The fourth-order valence-corrected chi connectivity index (χ4v) is 3.77. The molecule has 0 bridgehead atoms. The lowest BCUT2D eigenvalue weighted by atomic mass is 10.2. The number of carbonyl (C=O) groups is 1. The molecule has 0 spiro atoms. The predicted octanol–water partition coefficient (Wildman–Crippen LogP) is 3.25. The first-order valence-corrected chi connectivity index (χ1v) is 9.90. The van der Waals surface area contributed by atoms with Crippen LogP contribution in [0.2, 0.25) is 0 Å². The molecule has 0 heterocycles. The number of amides is 1. The highest BCUT2D eigenvalue weighted by Crippen LogP contribution is 2.24. The molecule has 7 heteroatoms. The number of carbonyl (C=O) groups excluding carboxylic acids is 1. The van der Waals surface area contributed by atoms with Gasteiger partial charge in [-0.15, -0.1) is 0 Å². The summed E-state index contributed by atoms with van der Waals surface area (Å²) in [6.45, 7) is 4.05. The van der Waals surface area contributed by atoms with Gasteiger partial charge in [-0.3, -0.25) is 9.10 Å². The van der Waals surface area contributed by atoms with Crippen LogP contribution in [0.3, 0.4) is 0 Å². The summed E-state index contributed by atoms with van der Waals surface area (Å²) in [5.74, 6) is -0.909. The van der Waals surface area contributed by atoms with Gasteiger partial charge in [-0.05, 0) is 49.7 Å². The van der Waals surface area contributed by atoms with Crippen molar-refractivity contribution in [3.63, 3.8) is 0 Å². The molecule has 0 fully saturated rings. The first-order valence-electron chi connectivity index (χ1n) is 8.46. The maximum Gasteiger partial charge on any atom is 0.264 e. The van der Waals surface area contributed by atoms with Crippen molar-refractivity contribution in [2.75, 3.05) is 17.4 Å². The first-order chi connectivity index (χ1) is 12.3. The molecule has 1 amide bonds. The van der Waals surface area contributed by atoms with Crippen molar-refractivity contribution in [3.05, 3.63) is 59.9 Å². The number of aryl methyl sites for hydroxylation is 1. The highest BCUT2D eigenvalue weighted by molar-refractivity contribution is 7.92. The van der Waals surface area contributed by atoms with Crippen LogP contribution in [0.1, 0.15) is 25.3 Å². The molecule has 0 atom stereocenters. The van der Waals surface area contributed by atoms with Crippen molar-refractivity contribution in [1.29, 1.82) is 0 Å². The summed E-state index contributed by atoms with van der Waals surface area (Å²) in [4.78, 5) is 12.2. The minimum atomic E-state index is -4.00. The summed E-state index contributed by atoms with van der Waals surface area (Å²) in [5.41, 5.74) is 1.35. The lowest BCUT2D eigenvalue weighted by Gasteiger charge is -2.24. The zero-order chi connectivity index (χ0) is 19.2. The third kappa shape index (κ3) is 5.05. The fourth-order valence-electron chi connectivity index (χ4n) is 2.35. The quantitative estimate of drug-likeness (QED) is 0.717. The predicted molar refractivity (Wildman–Crippen MR) is 100 cm³/mol. The number of nitrogens with zero attached hydrogens (tertiary/aromatic N) is 1. The molecule has 0 saturated carbocycles. The zero-order valence-electron chi connectivity index (χ0n) is 14.9. The summed E-state index contributed by atoms with van der Waals surface area (Å²) in [7, 11) is -4.00. The number of benzene rings is 2. The lowest BCUT2D eigenvalue weighted by Crippen LogP contribution is -2.41. The van der Waals surface area contributed by atoms with Gasteiger partial charge in [-0.2, -0.15) is 0 Å². The van der Waals surface area contributed by atoms with E-state index in [4.69, 9.17) is 0 Å². The van der Waals surface area contributed by atoms with Crippen LogP contribution >= 0.6 is 0 Å². The lowest BCUT2D eigenvalue weighted by molar-refractivity contribution is -0.119. The van der Waals surface area contributed by atoms with Crippen LogP contribution in [-0.4, -0.2) is 27.4 Å². The van der Waals surface area contributed by atoms with Crippen LogP contribution < -0.4 is 9.62 Å². The molecule has 0 saturated heterocycles. The highest BCUT2D eigenvalue weighted by atomic mass is 32.2. The molecule has 1 N–H and O–H groups in total. The molecule has 0 radical (unpaired) electrons. The molecule has 2 aromatic carbocycles. The number of hydrogen-bond donors (Lipinski definition) is 1. The standard InChI is InChI=1S/C19H23FN2O3S/c1-3-4-13-21-19(23)14-22(17-9-5-15(2)6-10-17)26(24,25)18-11-7-16(20)8-12-18/h5-12H,3-4,13-14H2,1-2H3,(H,21,23). The number of unbranched alkanes of at least 4 members (excludes halogenated alkanes) is 1. The van der Waals surface area contributed by atoms with E-state index in [0.717, 1.165) is 34.8 Å². The van der Waals surface area contributed by atoms with E-state index in [1.165, 1.54) is 12.1 Å². The van der Waals surface area contributed by atoms with Crippen LogP contribution in [0.4, 0.5) is 10.1 Å². The number of halogens is 1. The van der Waals surface area contributed by atoms with Gasteiger partial charge >= 0.3 is 0 Å². The van der Waals surface area contributed by atoms with Crippen LogP contribution in [0.25, 0.3) is 0 Å². The van der Waals surface area contributed by atoms with Gasteiger partial charge in [0.15, 0.2) is 0 Å². The Morgan fingerprint density at radius 1 is 1.08 bits per heavy atom. The van der Waals surface area contributed by atoms with E-state index in [0.29, 0.717) is 12.2 Å². The number of hydrogen-bond acceptors (Lipinski definition) is 3. The minimum Gasteiger partial charge on any atom is -0.355 e. The number of sulfonamides is 1. The molecular formula is C19H23FN2O3S. The van der Waals surface area contributed by atoms with Gasteiger partial charge in [-0.1, -0.05) is 31.0 Å². The summed E-state index contributed by atoms with van der Waals surface area (Å²) >= 11 is 0. The second kappa shape index (κ2) is 8.80. The minimum absolute atomic E-state index is 0.0687. The molecule has 0 unspecified atom stereocenters. The van der Waals surface area contributed by atoms with Crippen LogP contribution in [0.15, 0.2) is 53.4 Å². The Balaban J connectivity index is 2.34. The van der Waals surface area contributed by atoms with Crippen molar-refractivity contribution in [2.45, 2.75) is 31.6 Å². The fraction of sp³-hybridized carbons (Fsp3) is 0.316. The van der Waals surface area contributed by atoms with Gasteiger partial charge in [0.05, 0.1) is 10.6 Å².